The number of nitrogens with one attached hydrogen (secondary N) is 1. The highest BCUT2D eigenvalue weighted by molar-refractivity contribution is 9.10. The molecule has 3 rings (SSSR count). The molecule has 2 heterocycles. The van der Waals surface area contributed by atoms with Gasteiger partial charge in [0.15, 0.2) is 17.2 Å². The van der Waals surface area contributed by atoms with Gasteiger partial charge in [0.05, 0.1) is 4.47 Å². The van der Waals surface area contributed by atoms with Gasteiger partial charge in [-0.05, 0) is 28.1 Å². The van der Waals surface area contributed by atoms with Gasteiger partial charge in [-0.15, -0.1) is 0 Å². The SMILES string of the molecule is NC(=O)c1n[nH]nc1-c1cc(Br)c2c(c1)OCO2. The van der Waals surface area contributed by atoms with Gasteiger partial charge in [-0.25, -0.2) is 0 Å². The lowest BCUT2D eigenvalue weighted by Gasteiger charge is -2.03. The second-order valence-corrected chi connectivity index (χ2v) is 4.43. The van der Waals surface area contributed by atoms with E-state index in [0.29, 0.717) is 27.2 Å². The zero-order valence-electron chi connectivity index (χ0n) is 8.94. The lowest BCUT2D eigenvalue weighted by atomic mass is 10.1. The molecule has 0 aliphatic carbocycles. The number of rotatable bonds is 2. The number of carbonyl (C=O) groups is 1. The van der Waals surface area contributed by atoms with Crippen molar-refractivity contribution in [1.82, 2.24) is 15.4 Å². The van der Waals surface area contributed by atoms with Gasteiger partial charge in [0.2, 0.25) is 6.79 Å². The van der Waals surface area contributed by atoms with Gasteiger partial charge in [-0.1, -0.05) is 0 Å². The number of aromatic amines is 1. The highest BCUT2D eigenvalue weighted by Gasteiger charge is 2.22. The summed E-state index contributed by atoms with van der Waals surface area (Å²) in [6.45, 7) is 0.166. The van der Waals surface area contributed by atoms with Crippen LogP contribution in [0.4, 0.5) is 0 Å². The standard InChI is InChI=1S/C10H7BrN4O3/c11-5-1-4(2-6-9(5)18-3-17-6)7-8(10(12)16)14-15-13-7/h1-2H,3H2,(H2,12,16)(H,13,14,15). The third kappa shape index (κ3) is 1.61. The molecule has 1 aromatic carbocycles. The number of ether oxygens (including phenoxy) is 2. The Hall–Kier alpha value is -2.09. The van der Waals surface area contributed by atoms with Gasteiger partial charge >= 0.3 is 0 Å². The van der Waals surface area contributed by atoms with E-state index in [-0.39, 0.29) is 12.5 Å². The Labute approximate surface area is 109 Å². The lowest BCUT2D eigenvalue weighted by Crippen LogP contribution is -2.12. The summed E-state index contributed by atoms with van der Waals surface area (Å²) >= 11 is 3.37. The van der Waals surface area contributed by atoms with E-state index in [4.69, 9.17) is 15.2 Å². The first-order chi connectivity index (χ1) is 8.66. The molecule has 1 aromatic heterocycles. The van der Waals surface area contributed by atoms with Gasteiger partial charge in [0, 0.05) is 5.56 Å². The Kier molecular flexibility index (Phi) is 2.44. The molecular weight excluding hydrogens is 304 g/mol. The van der Waals surface area contributed by atoms with Crippen LogP contribution in [0.15, 0.2) is 16.6 Å². The van der Waals surface area contributed by atoms with Crippen LogP contribution >= 0.6 is 15.9 Å². The van der Waals surface area contributed by atoms with Crippen molar-refractivity contribution in [2.45, 2.75) is 0 Å². The van der Waals surface area contributed by atoms with Crippen LogP contribution in [0, 0.1) is 0 Å². The predicted octanol–water partition coefficient (Wildman–Crippen LogP) is 1.06. The molecule has 1 aliphatic rings. The summed E-state index contributed by atoms with van der Waals surface area (Å²) < 4.78 is 11.3. The fourth-order valence-electron chi connectivity index (χ4n) is 1.71. The Morgan fingerprint density at radius 1 is 1.39 bits per heavy atom. The van der Waals surface area contributed by atoms with Crippen molar-refractivity contribution in [3.05, 3.63) is 22.3 Å². The molecule has 92 valence electrons. The minimum Gasteiger partial charge on any atom is -0.454 e. The minimum absolute atomic E-state index is 0.0840. The summed E-state index contributed by atoms with van der Waals surface area (Å²) in [6.07, 6.45) is 0. The van der Waals surface area contributed by atoms with Crippen molar-refractivity contribution in [2.75, 3.05) is 6.79 Å². The third-order valence-electron chi connectivity index (χ3n) is 2.48. The second kappa shape index (κ2) is 3.98. The van der Waals surface area contributed by atoms with Crippen molar-refractivity contribution in [3.8, 4) is 22.8 Å². The van der Waals surface area contributed by atoms with Crippen molar-refractivity contribution in [1.29, 1.82) is 0 Å². The summed E-state index contributed by atoms with van der Waals surface area (Å²) in [6, 6.07) is 3.48. The Balaban J connectivity index is 2.15. The molecule has 0 spiro atoms. The molecule has 0 atom stereocenters. The van der Waals surface area contributed by atoms with Gasteiger partial charge in [0.1, 0.15) is 5.69 Å². The van der Waals surface area contributed by atoms with E-state index in [9.17, 15) is 4.79 Å². The molecule has 8 heteroatoms. The van der Waals surface area contributed by atoms with E-state index in [1.807, 2.05) is 0 Å². The zero-order valence-corrected chi connectivity index (χ0v) is 10.5. The van der Waals surface area contributed by atoms with Gasteiger partial charge < -0.3 is 15.2 Å². The molecule has 0 fully saturated rings. The number of fused-ring (bicyclic) bond motifs is 1. The van der Waals surface area contributed by atoms with E-state index in [2.05, 4.69) is 31.3 Å². The molecular formula is C10H7BrN4O3. The third-order valence-corrected chi connectivity index (χ3v) is 3.07. The van der Waals surface area contributed by atoms with Crippen LogP contribution in [-0.2, 0) is 0 Å². The van der Waals surface area contributed by atoms with Crippen LogP contribution in [0.3, 0.4) is 0 Å². The largest absolute Gasteiger partial charge is 0.454 e. The maximum Gasteiger partial charge on any atom is 0.271 e. The molecule has 0 saturated heterocycles. The topological polar surface area (TPSA) is 103 Å². The maximum atomic E-state index is 11.2. The second-order valence-electron chi connectivity index (χ2n) is 3.58. The molecule has 2 aromatic rings. The van der Waals surface area contributed by atoms with E-state index >= 15 is 0 Å². The van der Waals surface area contributed by atoms with E-state index < -0.39 is 5.91 Å². The van der Waals surface area contributed by atoms with Crippen LogP contribution in [0.5, 0.6) is 11.5 Å². The molecule has 1 aliphatic heterocycles. The van der Waals surface area contributed by atoms with Crippen molar-refractivity contribution in [3.63, 3.8) is 0 Å². The van der Waals surface area contributed by atoms with Crippen LogP contribution in [0.2, 0.25) is 0 Å². The normalized spacial score (nSPS) is 12.7. The van der Waals surface area contributed by atoms with Crippen LogP contribution in [0.1, 0.15) is 10.5 Å². The number of amides is 1. The number of benzene rings is 1. The molecule has 1 amide bonds. The number of H-pyrrole nitrogens is 1. The lowest BCUT2D eigenvalue weighted by molar-refractivity contribution is 0.0996. The summed E-state index contributed by atoms with van der Waals surface area (Å²) in [5, 5.41) is 10.0. The zero-order chi connectivity index (χ0) is 12.7. The molecule has 0 radical (unpaired) electrons. The Morgan fingerprint density at radius 3 is 3.00 bits per heavy atom. The van der Waals surface area contributed by atoms with Crippen LogP contribution in [0.25, 0.3) is 11.3 Å². The minimum atomic E-state index is -0.646. The quantitative estimate of drug-likeness (QED) is 0.863. The molecule has 0 saturated carbocycles. The Morgan fingerprint density at radius 2 is 2.22 bits per heavy atom. The maximum absolute atomic E-state index is 11.2. The number of primary amides is 1. The van der Waals surface area contributed by atoms with Crippen molar-refractivity contribution < 1.29 is 14.3 Å². The predicted molar refractivity (Wildman–Crippen MR) is 64.2 cm³/mol. The number of hydrogen-bond donors (Lipinski definition) is 2. The van der Waals surface area contributed by atoms with Crippen molar-refractivity contribution >= 4 is 21.8 Å². The first-order valence-electron chi connectivity index (χ1n) is 4.97. The summed E-state index contributed by atoms with van der Waals surface area (Å²) in [5.41, 5.74) is 6.34. The smallest absolute Gasteiger partial charge is 0.271 e. The number of hydrogen-bond acceptors (Lipinski definition) is 5. The van der Waals surface area contributed by atoms with Gasteiger partial charge in [-0.3, -0.25) is 4.79 Å². The number of carbonyl (C=O) groups excluding carboxylic acids is 1. The van der Waals surface area contributed by atoms with Crippen LogP contribution in [-0.4, -0.2) is 28.1 Å². The first kappa shape index (κ1) is 11.0. The molecule has 3 N–H and O–H groups in total. The highest BCUT2D eigenvalue weighted by atomic mass is 79.9. The number of nitrogens with two attached hydrogens (primary N) is 1. The number of nitrogens with zero attached hydrogens (tertiary/aromatic N) is 2. The Bertz CT molecular complexity index is 640. The fourth-order valence-corrected chi connectivity index (χ4v) is 2.26. The molecule has 0 unspecified atom stereocenters. The van der Waals surface area contributed by atoms with E-state index in [0.717, 1.165) is 0 Å². The highest BCUT2D eigenvalue weighted by Crippen LogP contribution is 2.42. The number of aromatic nitrogens is 3. The van der Waals surface area contributed by atoms with E-state index in [1.54, 1.807) is 12.1 Å². The van der Waals surface area contributed by atoms with Gasteiger partial charge in [0.25, 0.3) is 5.91 Å². The molecule has 18 heavy (non-hydrogen) atoms. The summed E-state index contributed by atoms with van der Waals surface area (Å²) in [5.74, 6) is 0.563. The number of halogens is 1. The summed E-state index contributed by atoms with van der Waals surface area (Å²) in [7, 11) is 0. The monoisotopic (exact) mass is 310 g/mol. The first-order valence-corrected chi connectivity index (χ1v) is 5.76. The molecule has 7 nitrogen and oxygen atoms in total. The van der Waals surface area contributed by atoms with E-state index in [1.165, 1.54) is 0 Å². The fraction of sp³-hybridized carbons (Fsp3) is 0.100. The van der Waals surface area contributed by atoms with Crippen LogP contribution < -0.4 is 15.2 Å². The van der Waals surface area contributed by atoms with Gasteiger partial charge in [-0.2, -0.15) is 15.4 Å². The molecule has 0 bridgehead atoms. The summed E-state index contributed by atoms with van der Waals surface area (Å²) in [4.78, 5) is 11.2. The average molecular weight is 311 g/mol. The van der Waals surface area contributed by atoms with Crippen molar-refractivity contribution in [2.24, 2.45) is 5.73 Å². The average Bonchev–Trinajstić information content (AvgIpc) is 2.97.